The van der Waals surface area contributed by atoms with Crippen LogP contribution in [0.1, 0.15) is 0 Å². The molecule has 0 aliphatic carbocycles. The van der Waals surface area contributed by atoms with Gasteiger partial charge >= 0.3 is 0 Å². The van der Waals surface area contributed by atoms with Crippen LogP contribution in [-0.2, 0) is 4.79 Å². The van der Waals surface area contributed by atoms with Gasteiger partial charge in [-0.15, -0.1) is 0 Å². The largest absolute Gasteiger partial charge is 0.247 e. The second kappa shape index (κ2) is 5.12. The topological polar surface area (TPSA) is 17.1 Å². The van der Waals surface area contributed by atoms with Gasteiger partial charge in [0.1, 0.15) is 12.6 Å². The Labute approximate surface area is 41.1 Å². The summed E-state index contributed by atoms with van der Waals surface area (Å²) in [6, 6.07) is 0. The van der Waals surface area contributed by atoms with E-state index in [-0.39, 0.29) is 0 Å². The number of carbonyl (C=O) groups excluding carboxylic acids is 1. The van der Waals surface area contributed by atoms with E-state index in [1.165, 1.54) is 18.1 Å². The number of hydrogen-bond acceptors (Lipinski definition) is 1. The molecule has 38 valence electrons. The third-order valence-corrected chi connectivity index (χ3v) is 0.389. The zero-order chi connectivity index (χ0) is 5.54. The quantitative estimate of drug-likeness (QED) is 0.372. The van der Waals surface area contributed by atoms with Gasteiger partial charge in [-0.05, 0) is 0 Å². The molecule has 0 aliphatic heterocycles. The van der Waals surface area contributed by atoms with Crippen molar-refractivity contribution in [2.75, 3.05) is 6.67 Å². The van der Waals surface area contributed by atoms with E-state index >= 15 is 0 Å². The van der Waals surface area contributed by atoms with E-state index in [2.05, 4.69) is 0 Å². The van der Waals surface area contributed by atoms with E-state index in [1.807, 2.05) is 0 Å². The van der Waals surface area contributed by atoms with E-state index in [1.54, 1.807) is 0 Å². The summed E-state index contributed by atoms with van der Waals surface area (Å²) >= 11 is 0. The molecule has 0 N–H and O–H groups in total. The molecule has 2 heteroatoms. The van der Waals surface area contributed by atoms with Crippen LogP contribution in [0.3, 0.4) is 0 Å². The van der Waals surface area contributed by atoms with Crippen LogP contribution in [0.4, 0.5) is 4.39 Å². The molecule has 1 nitrogen and oxygen atoms in total. The molecule has 0 saturated heterocycles. The van der Waals surface area contributed by atoms with Crippen LogP contribution in [0, 0.1) is 0 Å². The van der Waals surface area contributed by atoms with Gasteiger partial charge < -0.3 is 0 Å². The highest BCUT2D eigenvalue weighted by molar-refractivity contribution is 5.48. The van der Waals surface area contributed by atoms with Gasteiger partial charge in [0.2, 0.25) is 0 Å². The molecule has 0 fully saturated rings. The van der Waals surface area contributed by atoms with Gasteiger partial charge in [0.05, 0.1) is 0 Å². The van der Waals surface area contributed by atoms with Gasteiger partial charge in [0, 0.05) is 6.08 Å². The van der Waals surface area contributed by atoms with Crippen LogP contribution in [0.25, 0.3) is 0 Å². The lowest BCUT2D eigenvalue weighted by Gasteiger charge is -1.64. The average Bonchev–Trinajstić information content (AvgIpc) is 1.69. The molecule has 0 rings (SSSR count). The minimum absolute atomic E-state index is 0.530. The highest BCUT2D eigenvalue weighted by Gasteiger charge is 1.61. The highest BCUT2D eigenvalue weighted by atomic mass is 19.1. The Balaban J connectivity index is 3.27. The first-order chi connectivity index (χ1) is 3.41. The minimum atomic E-state index is -0.530. The van der Waals surface area contributed by atoms with E-state index in [9.17, 15) is 9.18 Å². The van der Waals surface area contributed by atoms with Crippen LogP contribution in [0.15, 0.2) is 18.2 Å². The molecule has 0 unspecified atom stereocenters. The van der Waals surface area contributed by atoms with Crippen molar-refractivity contribution >= 4 is 5.94 Å². The maximum Gasteiger partial charge on any atom is 0.124 e. The Morgan fingerprint density at radius 1 is 1.71 bits per heavy atom. The summed E-state index contributed by atoms with van der Waals surface area (Å²) in [6.45, 7) is -0.530. The van der Waals surface area contributed by atoms with Gasteiger partial charge in [0.15, 0.2) is 0 Å². The monoisotopic (exact) mass is 100 g/mol. The van der Waals surface area contributed by atoms with Crippen molar-refractivity contribution in [3.8, 4) is 0 Å². The third kappa shape index (κ3) is 5.12. The summed E-state index contributed by atoms with van der Waals surface area (Å²) in [5.74, 6) is 1.47. The second-order valence-electron chi connectivity index (χ2n) is 0.867. The van der Waals surface area contributed by atoms with Crippen LogP contribution < -0.4 is 0 Å². The van der Waals surface area contributed by atoms with Gasteiger partial charge in [-0.2, -0.15) is 0 Å². The Hall–Kier alpha value is -0.880. The molecule has 0 atom stereocenters. The van der Waals surface area contributed by atoms with Crippen molar-refractivity contribution in [1.29, 1.82) is 0 Å². The molecule has 0 heterocycles. The molecule has 0 aromatic rings. The van der Waals surface area contributed by atoms with Crippen LogP contribution >= 0.6 is 0 Å². The number of rotatable bonds is 2. The van der Waals surface area contributed by atoms with E-state index in [0.29, 0.717) is 0 Å². The van der Waals surface area contributed by atoms with Crippen LogP contribution in [0.2, 0.25) is 0 Å². The van der Waals surface area contributed by atoms with Gasteiger partial charge in [0.25, 0.3) is 0 Å². The van der Waals surface area contributed by atoms with Crippen molar-refractivity contribution in [2.45, 2.75) is 0 Å². The first kappa shape index (κ1) is 6.12. The first-order valence-corrected chi connectivity index (χ1v) is 1.83. The predicted molar refractivity (Wildman–Crippen MR) is 25.4 cm³/mol. The third-order valence-electron chi connectivity index (χ3n) is 0.389. The number of halogens is 1. The Bertz CT molecular complexity index is 101. The van der Waals surface area contributed by atoms with Crippen molar-refractivity contribution in [1.82, 2.24) is 0 Å². The summed E-state index contributed by atoms with van der Waals surface area (Å²) < 4.78 is 11.1. The van der Waals surface area contributed by atoms with Crippen LogP contribution in [0.5, 0.6) is 0 Å². The fourth-order valence-corrected chi connectivity index (χ4v) is 0.159. The maximum absolute atomic E-state index is 11.1. The fourth-order valence-electron chi connectivity index (χ4n) is 0.159. The second-order valence-corrected chi connectivity index (χ2v) is 0.867. The summed E-state index contributed by atoms with van der Waals surface area (Å²) in [4.78, 5) is 9.33. The van der Waals surface area contributed by atoms with E-state index in [0.717, 1.165) is 6.08 Å². The maximum atomic E-state index is 11.1. The summed E-state index contributed by atoms with van der Waals surface area (Å²) in [5.41, 5.74) is 0. The summed E-state index contributed by atoms with van der Waals surface area (Å²) in [6.07, 6.45) is 3.65. The van der Waals surface area contributed by atoms with Gasteiger partial charge in [-0.3, -0.25) is 0 Å². The SMILES string of the molecule is O=C=CC=CCF. The number of hydrogen-bond donors (Lipinski definition) is 0. The molecule has 0 aromatic carbocycles. The molecule has 0 amide bonds. The highest BCUT2D eigenvalue weighted by Crippen LogP contribution is 1.71. The van der Waals surface area contributed by atoms with Crippen molar-refractivity contribution in [2.24, 2.45) is 0 Å². The standard InChI is InChI=1S/C5H5FO/c6-4-2-1-3-5-7/h1-3H,4H2. The molecule has 0 saturated carbocycles. The zero-order valence-electron chi connectivity index (χ0n) is 3.73. The molecule has 0 radical (unpaired) electrons. The van der Waals surface area contributed by atoms with Crippen molar-refractivity contribution < 1.29 is 9.18 Å². The number of alkyl halides is 1. The van der Waals surface area contributed by atoms with E-state index in [4.69, 9.17) is 0 Å². The van der Waals surface area contributed by atoms with Crippen LogP contribution in [-0.4, -0.2) is 12.6 Å². The lowest BCUT2D eigenvalue weighted by atomic mass is 10.5. The Morgan fingerprint density at radius 3 is 2.86 bits per heavy atom. The van der Waals surface area contributed by atoms with Crippen molar-refractivity contribution in [3.63, 3.8) is 0 Å². The minimum Gasteiger partial charge on any atom is -0.247 e. The molecule has 0 bridgehead atoms. The van der Waals surface area contributed by atoms with Gasteiger partial charge in [-0.1, -0.05) is 12.2 Å². The first-order valence-electron chi connectivity index (χ1n) is 1.83. The number of allylic oxidation sites excluding steroid dienone is 3. The summed E-state index contributed by atoms with van der Waals surface area (Å²) in [5, 5.41) is 0. The molecule has 0 spiro atoms. The fraction of sp³-hybridized carbons (Fsp3) is 0.200. The summed E-state index contributed by atoms with van der Waals surface area (Å²) in [7, 11) is 0. The normalized spacial score (nSPS) is 8.71. The predicted octanol–water partition coefficient (Wildman–Crippen LogP) is 0.900. The smallest absolute Gasteiger partial charge is 0.124 e. The Morgan fingerprint density at radius 2 is 2.43 bits per heavy atom. The Kier molecular flexibility index (Phi) is 4.48. The molecular weight excluding hydrogens is 95.1 g/mol. The zero-order valence-corrected chi connectivity index (χ0v) is 3.73. The molecule has 0 aromatic heterocycles. The lowest BCUT2D eigenvalue weighted by molar-refractivity contribution is 0.561. The lowest BCUT2D eigenvalue weighted by Crippen LogP contribution is -1.57. The molecular formula is C5H5FO. The van der Waals surface area contributed by atoms with Crippen molar-refractivity contribution in [3.05, 3.63) is 18.2 Å². The van der Waals surface area contributed by atoms with E-state index < -0.39 is 6.67 Å². The molecule has 7 heavy (non-hydrogen) atoms. The van der Waals surface area contributed by atoms with Gasteiger partial charge in [-0.25, -0.2) is 9.18 Å². The average molecular weight is 100 g/mol. The molecule has 0 aliphatic rings.